The predicted octanol–water partition coefficient (Wildman–Crippen LogP) is -0.0123. The van der Waals surface area contributed by atoms with Crippen LogP contribution in [0.3, 0.4) is 0 Å². The summed E-state index contributed by atoms with van der Waals surface area (Å²) in [6.07, 6.45) is 0. The van der Waals surface area contributed by atoms with Crippen molar-refractivity contribution in [3.63, 3.8) is 0 Å². The van der Waals surface area contributed by atoms with Crippen molar-refractivity contribution >= 4 is 15.7 Å². The van der Waals surface area contributed by atoms with Gasteiger partial charge in [0.2, 0.25) is 0 Å². The number of anilines is 1. The van der Waals surface area contributed by atoms with Crippen LogP contribution in [0.2, 0.25) is 0 Å². The van der Waals surface area contributed by atoms with E-state index in [9.17, 15) is 17.2 Å². The Morgan fingerprint density at radius 3 is 2.40 bits per heavy atom. The minimum atomic E-state index is -4.19. The molecule has 9 heteroatoms. The molecule has 1 aliphatic heterocycles. The van der Waals surface area contributed by atoms with Gasteiger partial charge in [-0.3, -0.25) is 0 Å². The van der Waals surface area contributed by atoms with Crippen LogP contribution in [-0.4, -0.2) is 51.6 Å². The van der Waals surface area contributed by atoms with E-state index in [1.165, 1.54) is 5.01 Å². The molecule has 0 aliphatic carbocycles. The minimum absolute atomic E-state index is 0.150. The Morgan fingerprint density at radius 1 is 1.20 bits per heavy atom. The van der Waals surface area contributed by atoms with Gasteiger partial charge in [0.05, 0.1) is 0 Å². The fraction of sp³-hybridized carbons (Fsp3) is 0.455. The number of likely N-dealkylation sites (N-methyl/N-ethyl adjacent to an activating group) is 1. The zero-order valence-corrected chi connectivity index (χ0v) is 11.8. The second-order valence-electron chi connectivity index (χ2n) is 4.70. The molecule has 20 heavy (non-hydrogen) atoms. The second-order valence-corrected chi connectivity index (χ2v) is 6.33. The van der Waals surface area contributed by atoms with Crippen molar-refractivity contribution in [1.82, 2.24) is 14.7 Å². The van der Waals surface area contributed by atoms with E-state index in [-0.39, 0.29) is 5.69 Å². The van der Waals surface area contributed by atoms with E-state index in [1.54, 1.807) is 0 Å². The smallest absolute Gasteiger partial charge is 0.256 e. The first-order valence-electron chi connectivity index (χ1n) is 6.00. The number of benzene rings is 1. The van der Waals surface area contributed by atoms with Gasteiger partial charge >= 0.3 is 0 Å². The highest BCUT2D eigenvalue weighted by Gasteiger charge is 2.26. The molecule has 0 unspecified atom stereocenters. The van der Waals surface area contributed by atoms with E-state index in [4.69, 9.17) is 5.73 Å². The molecule has 0 spiro atoms. The molecule has 2 rings (SSSR count). The first-order valence-corrected chi connectivity index (χ1v) is 7.48. The lowest BCUT2D eigenvalue weighted by molar-refractivity contribution is 0.134. The van der Waals surface area contributed by atoms with E-state index in [0.717, 1.165) is 12.1 Å². The number of nitrogens with one attached hydrogen (secondary N) is 1. The predicted molar refractivity (Wildman–Crippen MR) is 70.2 cm³/mol. The van der Waals surface area contributed by atoms with Gasteiger partial charge in [0.1, 0.15) is 4.90 Å². The summed E-state index contributed by atoms with van der Waals surface area (Å²) in [6, 6.07) is 1.64. The summed E-state index contributed by atoms with van der Waals surface area (Å²) in [5.74, 6) is -2.72. The van der Waals surface area contributed by atoms with Gasteiger partial charge in [-0.1, -0.05) is 0 Å². The van der Waals surface area contributed by atoms with Crippen LogP contribution in [0.25, 0.3) is 0 Å². The lowest BCUT2D eigenvalue weighted by Gasteiger charge is -2.32. The average Bonchev–Trinajstić information content (AvgIpc) is 2.36. The molecule has 0 atom stereocenters. The zero-order chi connectivity index (χ0) is 14.9. The summed E-state index contributed by atoms with van der Waals surface area (Å²) in [4.78, 5) is 3.49. The normalized spacial score (nSPS) is 18.4. The van der Waals surface area contributed by atoms with Crippen LogP contribution in [0.15, 0.2) is 17.0 Å². The highest BCUT2D eigenvalue weighted by Crippen LogP contribution is 2.21. The van der Waals surface area contributed by atoms with Crippen molar-refractivity contribution in [2.24, 2.45) is 0 Å². The number of hydrogen-bond donors (Lipinski definition) is 2. The van der Waals surface area contributed by atoms with Crippen molar-refractivity contribution < 1.29 is 17.2 Å². The highest BCUT2D eigenvalue weighted by atomic mass is 32.2. The van der Waals surface area contributed by atoms with Gasteiger partial charge < -0.3 is 10.6 Å². The Bertz CT molecular complexity index is 601. The molecular formula is C11H16F2N4O2S. The van der Waals surface area contributed by atoms with Crippen LogP contribution in [0.4, 0.5) is 14.5 Å². The Hall–Kier alpha value is -1.29. The number of sulfonamides is 1. The maximum atomic E-state index is 13.6. The van der Waals surface area contributed by atoms with E-state index < -0.39 is 26.6 Å². The summed E-state index contributed by atoms with van der Waals surface area (Å²) in [7, 11) is -2.28. The minimum Gasteiger partial charge on any atom is -0.399 e. The van der Waals surface area contributed by atoms with Crippen molar-refractivity contribution in [3.8, 4) is 0 Å². The van der Waals surface area contributed by atoms with Gasteiger partial charge in [-0.25, -0.2) is 22.2 Å². The van der Waals surface area contributed by atoms with Crippen LogP contribution in [0, 0.1) is 11.6 Å². The monoisotopic (exact) mass is 306 g/mol. The summed E-state index contributed by atoms with van der Waals surface area (Å²) in [5, 5.41) is 1.45. The largest absolute Gasteiger partial charge is 0.399 e. The molecule has 1 aromatic carbocycles. The number of piperazine rings is 1. The van der Waals surface area contributed by atoms with Gasteiger partial charge in [0.25, 0.3) is 10.0 Å². The fourth-order valence-corrected chi connectivity index (χ4v) is 3.14. The first-order chi connectivity index (χ1) is 9.29. The summed E-state index contributed by atoms with van der Waals surface area (Å²) in [5.41, 5.74) is 5.21. The van der Waals surface area contributed by atoms with Gasteiger partial charge in [-0.2, -0.15) is 0 Å². The Balaban J connectivity index is 2.23. The van der Waals surface area contributed by atoms with Crippen LogP contribution in [0.5, 0.6) is 0 Å². The van der Waals surface area contributed by atoms with Crippen molar-refractivity contribution in [2.45, 2.75) is 4.90 Å². The van der Waals surface area contributed by atoms with Gasteiger partial charge in [-0.15, -0.1) is 4.83 Å². The number of halogens is 2. The highest BCUT2D eigenvalue weighted by molar-refractivity contribution is 7.89. The third-order valence-corrected chi connectivity index (χ3v) is 4.43. The summed E-state index contributed by atoms with van der Waals surface area (Å²) >= 11 is 0. The molecule has 112 valence electrons. The average molecular weight is 306 g/mol. The molecule has 6 nitrogen and oxygen atoms in total. The number of hydrogen-bond acceptors (Lipinski definition) is 5. The maximum absolute atomic E-state index is 13.6. The van der Waals surface area contributed by atoms with Gasteiger partial charge in [-0.05, 0) is 19.2 Å². The van der Waals surface area contributed by atoms with E-state index in [2.05, 4.69) is 4.83 Å². The molecule has 0 saturated carbocycles. The van der Waals surface area contributed by atoms with E-state index in [0.29, 0.717) is 26.2 Å². The number of nitrogens with two attached hydrogens (primary N) is 1. The molecule has 0 radical (unpaired) electrons. The topological polar surface area (TPSA) is 78.7 Å². The Morgan fingerprint density at radius 2 is 1.80 bits per heavy atom. The van der Waals surface area contributed by atoms with E-state index in [1.807, 2.05) is 11.9 Å². The van der Waals surface area contributed by atoms with Crippen LogP contribution < -0.4 is 10.6 Å². The lowest BCUT2D eigenvalue weighted by Crippen LogP contribution is -2.52. The van der Waals surface area contributed by atoms with Crippen LogP contribution in [-0.2, 0) is 10.0 Å². The third kappa shape index (κ3) is 3.23. The standard InChI is InChI=1S/C11H16F2N4O2S/c1-16-2-4-17(5-3-16)15-20(18,19)10-7-8(14)6-9(12)11(10)13/h6-7,15H,2-5,14H2,1H3. The fourth-order valence-electron chi connectivity index (χ4n) is 1.90. The Labute approximate surface area is 116 Å². The molecule has 1 heterocycles. The third-order valence-electron chi connectivity index (χ3n) is 3.06. The quantitative estimate of drug-likeness (QED) is 0.768. The number of nitrogen functional groups attached to an aromatic ring is 1. The summed E-state index contributed by atoms with van der Waals surface area (Å²) in [6.45, 7) is 2.27. The molecule has 1 aromatic rings. The number of hydrazine groups is 1. The SMILES string of the molecule is CN1CCN(NS(=O)(=O)c2cc(N)cc(F)c2F)CC1. The molecule has 1 aliphatic rings. The zero-order valence-electron chi connectivity index (χ0n) is 10.9. The second kappa shape index (κ2) is 5.60. The van der Waals surface area contributed by atoms with Gasteiger partial charge in [0, 0.05) is 31.9 Å². The molecule has 1 saturated heterocycles. The van der Waals surface area contributed by atoms with Crippen molar-refractivity contribution in [1.29, 1.82) is 0 Å². The number of rotatable bonds is 3. The lowest BCUT2D eigenvalue weighted by atomic mass is 10.3. The van der Waals surface area contributed by atoms with E-state index >= 15 is 0 Å². The molecule has 0 amide bonds. The number of nitrogens with zero attached hydrogens (tertiary/aromatic N) is 2. The molecule has 0 bridgehead atoms. The molecule has 3 N–H and O–H groups in total. The first kappa shape index (κ1) is 15.1. The Kier molecular flexibility index (Phi) is 4.23. The van der Waals surface area contributed by atoms with Crippen molar-refractivity contribution in [2.75, 3.05) is 39.0 Å². The van der Waals surface area contributed by atoms with Crippen LogP contribution in [0.1, 0.15) is 0 Å². The molecule has 1 fully saturated rings. The maximum Gasteiger partial charge on any atom is 0.256 e. The van der Waals surface area contributed by atoms with Crippen molar-refractivity contribution in [3.05, 3.63) is 23.8 Å². The molecular weight excluding hydrogens is 290 g/mol. The van der Waals surface area contributed by atoms with Gasteiger partial charge in [0.15, 0.2) is 11.6 Å². The van der Waals surface area contributed by atoms with Crippen LogP contribution >= 0.6 is 0 Å². The molecule has 0 aromatic heterocycles. The summed E-state index contributed by atoms with van der Waals surface area (Å²) < 4.78 is 51.0.